The summed E-state index contributed by atoms with van der Waals surface area (Å²) in [4.78, 5) is 26.8. The molecule has 1 heterocycles. The fourth-order valence-corrected chi connectivity index (χ4v) is 2.80. The van der Waals surface area contributed by atoms with Gasteiger partial charge in [-0.15, -0.1) is 11.3 Å². The summed E-state index contributed by atoms with van der Waals surface area (Å²) in [6, 6.07) is 10.3. The third-order valence-corrected chi connectivity index (χ3v) is 4.53. The van der Waals surface area contributed by atoms with Crippen LogP contribution in [0.15, 0.2) is 41.8 Å². The Bertz CT molecular complexity index is 655. The Hall–Kier alpha value is -1.89. The number of carbonyl (C=O) groups excluding carboxylic acids is 2. The van der Waals surface area contributed by atoms with Gasteiger partial charge in [0.15, 0.2) is 0 Å². The highest BCUT2D eigenvalue weighted by molar-refractivity contribution is 7.12. The first-order valence-electron chi connectivity index (χ1n) is 7.98. The summed E-state index contributed by atoms with van der Waals surface area (Å²) >= 11 is 1.38. The highest BCUT2D eigenvalue weighted by Gasteiger charge is 2.10. The lowest BCUT2D eigenvalue weighted by atomic mass is 10.2. The summed E-state index contributed by atoms with van der Waals surface area (Å²) in [5, 5.41) is 4.65. The molecule has 1 N–H and O–H groups in total. The second-order valence-electron chi connectivity index (χ2n) is 5.17. The molecule has 5 nitrogen and oxygen atoms in total. The summed E-state index contributed by atoms with van der Waals surface area (Å²) < 4.78 is 5.28. The zero-order valence-electron chi connectivity index (χ0n) is 14.3. The van der Waals surface area contributed by atoms with E-state index in [-0.39, 0.29) is 24.3 Å². The van der Waals surface area contributed by atoms with Gasteiger partial charge in [0, 0.05) is 12.2 Å². The van der Waals surface area contributed by atoms with Crippen molar-refractivity contribution in [1.82, 2.24) is 4.90 Å². The number of amides is 1. The van der Waals surface area contributed by atoms with Crippen LogP contribution in [0, 0.1) is 0 Å². The molecule has 2 aromatic rings. The highest BCUT2D eigenvalue weighted by Crippen LogP contribution is 2.14. The van der Waals surface area contributed by atoms with Crippen molar-refractivity contribution in [3.8, 4) is 0 Å². The summed E-state index contributed by atoms with van der Waals surface area (Å²) in [6.45, 7) is 7.13. The number of halogens is 1. The van der Waals surface area contributed by atoms with Gasteiger partial charge >= 0.3 is 5.97 Å². The predicted octanol–water partition coefficient (Wildman–Crippen LogP) is 0.503. The number of anilines is 1. The second-order valence-corrected chi connectivity index (χ2v) is 6.12. The van der Waals surface area contributed by atoms with E-state index in [9.17, 15) is 9.59 Å². The SMILES string of the molecule is CCN(CC)CCOC(=O)c1ccc(NC(=O)c2cccs2)cc1.[Cl-]. The molecule has 25 heavy (non-hydrogen) atoms. The molecule has 0 atom stereocenters. The number of nitrogens with one attached hydrogen (secondary N) is 1. The monoisotopic (exact) mass is 381 g/mol. The summed E-state index contributed by atoms with van der Waals surface area (Å²) in [5.41, 5.74) is 1.12. The van der Waals surface area contributed by atoms with Crippen molar-refractivity contribution >= 4 is 28.9 Å². The molecule has 0 bridgehead atoms. The van der Waals surface area contributed by atoms with Crippen molar-refractivity contribution in [1.29, 1.82) is 0 Å². The third kappa shape index (κ3) is 6.49. The highest BCUT2D eigenvalue weighted by atomic mass is 35.5. The molecule has 0 spiro atoms. The van der Waals surface area contributed by atoms with Gasteiger partial charge in [0.2, 0.25) is 0 Å². The van der Waals surface area contributed by atoms with Gasteiger partial charge in [-0.2, -0.15) is 0 Å². The van der Waals surface area contributed by atoms with Gasteiger partial charge in [-0.1, -0.05) is 19.9 Å². The van der Waals surface area contributed by atoms with Crippen LogP contribution in [0.5, 0.6) is 0 Å². The molecule has 1 aromatic carbocycles. The summed E-state index contributed by atoms with van der Waals surface area (Å²) in [7, 11) is 0. The fourth-order valence-electron chi connectivity index (χ4n) is 2.18. The Kier molecular flexibility index (Phi) is 9.20. The van der Waals surface area contributed by atoms with Crippen molar-refractivity contribution in [2.24, 2.45) is 0 Å². The van der Waals surface area contributed by atoms with Crippen LogP contribution in [-0.2, 0) is 4.74 Å². The summed E-state index contributed by atoms with van der Waals surface area (Å²) in [6.07, 6.45) is 0. The Labute approximate surface area is 158 Å². The van der Waals surface area contributed by atoms with Crippen LogP contribution >= 0.6 is 11.3 Å². The Balaban J connectivity index is 0.00000312. The molecule has 0 radical (unpaired) electrons. The molecule has 0 saturated carbocycles. The molecule has 0 fully saturated rings. The van der Waals surface area contributed by atoms with Crippen molar-refractivity contribution in [2.45, 2.75) is 13.8 Å². The molecule has 0 unspecified atom stereocenters. The average Bonchev–Trinajstić information content (AvgIpc) is 3.14. The van der Waals surface area contributed by atoms with Gasteiger partial charge < -0.3 is 27.4 Å². The molecule has 0 aliphatic heterocycles. The molecule has 1 aromatic heterocycles. The first-order chi connectivity index (χ1) is 11.6. The van der Waals surface area contributed by atoms with Gasteiger partial charge in [0.25, 0.3) is 5.91 Å². The maximum atomic E-state index is 12.0. The van der Waals surface area contributed by atoms with E-state index < -0.39 is 0 Å². The largest absolute Gasteiger partial charge is 1.00 e. The molecular formula is C18H22ClN2O3S-. The Morgan fingerprint density at radius 3 is 2.36 bits per heavy atom. The molecule has 1 amide bonds. The van der Waals surface area contributed by atoms with Gasteiger partial charge in [0.05, 0.1) is 10.4 Å². The zero-order valence-corrected chi connectivity index (χ0v) is 15.9. The molecular weight excluding hydrogens is 360 g/mol. The van der Waals surface area contributed by atoms with Gasteiger partial charge in [-0.05, 0) is 48.8 Å². The summed E-state index contributed by atoms with van der Waals surface area (Å²) in [5.74, 6) is -0.502. The van der Waals surface area contributed by atoms with Crippen LogP contribution in [0.1, 0.15) is 33.9 Å². The van der Waals surface area contributed by atoms with Crippen LogP contribution in [0.3, 0.4) is 0 Å². The maximum Gasteiger partial charge on any atom is 0.338 e. The first kappa shape index (κ1) is 21.2. The van der Waals surface area contributed by atoms with E-state index >= 15 is 0 Å². The van der Waals surface area contributed by atoms with E-state index in [1.165, 1.54) is 11.3 Å². The lowest BCUT2D eigenvalue weighted by Crippen LogP contribution is -3.00. The number of esters is 1. The normalized spacial score (nSPS) is 10.2. The number of hydrogen-bond acceptors (Lipinski definition) is 5. The number of carbonyl (C=O) groups is 2. The smallest absolute Gasteiger partial charge is 0.338 e. The quantitative estimate of drug-likeness (QED) is 0.677. The van der Waals surface area contributed by atoms with Crippen molar-refractivity contribution in [3.05, 3.63) is 52.2 Å². The van der Waals surface area contributed by atoms with E-state index in [1.807, 2.05) is 11.4 Å². The number of rotatable bonds is 8. The molecule has 136 valence electrons. The molecule has 2 rings (SSSR count). The molecule has 7 heteroatoms. The average molecular weight is 382 g/mol. The zero-order chi connectivity index (χ0) is 17.4. The van der Waals surface area contributed by atoms with Gasteiger partial charge in [-0.3, -0.25) is 4.79 Å². The maximum absolute atomic E-state index is 12.0. The van der Waals surface area contributed by atoms with Crippen LogP contribution in [0.4, 0.5) is 5.69 Å². The second kappa shape index (κ2) is 10.9. The van der Waals surface area contributed by atoms with E-state index in [0.717, 1.165) is 19.6 Å². The van der Waals surface area contributed by atoms with E-state index in [2.05, 4.69) is 24.1 Å². The van der Waals surface area contributed by atoms with Crippen LogP contribution in [-0.4, -0.2) is 43.0 Å². The minimum atomic E-state index is -0.349. The predicted molar refractivity (Wildman–Crippen MR) is 96.8 cm³/mol. The third-order valence-electron chi connectivity index (χ3n) is 3.66. The van der Waals surface area contributed by atoms with E-state index in [4.69, 9.17) is 4.74 Å². The molecule has 0 saturated heterocycles. The first-order valence-corrected chi connectivity index (χ1v) is 8.86. The number of hydrogen-bond donors (Lipinski definition) is 1. The van der Waals surface area contributed by atoms with Crippen LogP contribution < -0.4 is 17.7 Å². The van der Waals surface area contributed by atoms with Gasteiger partial charge in [-0.25, -0.2) is 4.79 Å². The number of ether oxygens (including phenoxy) is 1. The number of nitrogens with zero attached hydrogens (tertiary/aromatic N) is 1. The van der Waals surface area contributed by atoms with Crippen LogP contribution in [0.2, 0.25) is 0 Å². The minimum Gasteiger partial charge on any atom is -1.00 e. The van der Waals surface area contributed by atoms with Crippen molar-refractivity contribution < 1.29 is 26.7 Å². The molecule has 0 aliphatic carbocycles. The van der Waals surface area contributed by atoms with Crippen molar-refractivity contribution in [2.75, 3.05) is 31.6 Å². The van der Waals surface area contributed by atoms with Crippen molar-refractivity contribution in [3.63, 3.8) is 0 Å². The topological polar surface area (TPSA) is 58.6 Å². The van der Waals surface area contributed by atoms with E-state index in [1.54, 1.807) is 30.3 Å². The van der Waals surface area contributed by atoms with Crippen LogP contribution in [0.25, 0.3) is 0 Å². The Morgan fingerprint density at radius 1 is 1.12 bits per heavy atom. The minimum absolute atomic E-state index is 0. The van der Waals surface area contributed by atoms with E-state index in [0.29, 0.717) is 22.7 Å². The molecule has 0 aliphatic rings. The lowest BCUT2D eigenvalue weighted by molar-refractivity contribution is -0.0000311. The number of benzene rings is 1. The Morgan fingerprint density at radius 2 is 1.80 bits per heavy atom. The number of likely N-dealkylation sites (N-methyl/N-ethyl adjacent to an activating group) is 1. The number of thiophene rings is 1. The standard InChI is InChI=1S/C18H22N2O3S.ClH/c1-3-20(4-2)11-12-23-18(22)14-7-9-15(10-8-14)19-17(21)16-6-5-13-24-16;/h5-10,13H,3-4,11-12H2,1-2H3,(H,19,21);1H/p-1. The van der Waals surface area contributed by atoms with Gasteiger partial charge in [0.1, 0.15) is 6.61 Å². The fraction of sp³-hybridized carbons (Fsp3) is 0.333. The lowest BCUT2D eigenvalue weighted by Gasteiger charge is -2.17.